The quantitative estimate of drug-likeness (QED) is 0.783. The predicted octanol–water partition coefficient (Wildman–Crippen LogP) is 3.61. The summed E-state index contributed by atoms with van der Waals surface area (Å²) in [6.07, 6.45) is 5.34. The van der Waals surface area contributed by atoms with Crippen molar-refractivity contribution in [2.45, 2.75) is 89.6 Å². The maximum absolute atomic E-state index is 6.65. The molecular weight excluding hydrogens is 302 g/mol. The van der Waals surface area contributed by atoms with Gasteiger partial charge in [-0.25, -0.2) is 0 Å². The first-order valence-electron chi connectivity index (χ1n) is 9.74. The van der Waals surface area contributed by atoms with Gasteiger partial charge in [-0.3, -0.25) is 5.32 Å². The summed E-state index contributed by atoms with van der Waals surface area (Å²) in [6.45, 7) is 14.1. The lowest BCUT2D eigenvalue weighted by Gasteiger charge is -2.51. The van der Waals surface area contributed by atoms with Crippen molar-refractivity contribution in [3.8, 4) is 0 Å². The number of hydrogen-bond donors (Lipinski definition) is 1. The van der Waals surface area contributed by atoms with E-state index in [0.717, 1.165) is 37.8 Å². The summed E-state index contributed by atoms with van der Waals surface area (Å²) in [5.74, 6) is 1.34. The molecule has 4 fully saturated rings. The first-order valence-corrected chi connectivity index (χ1v) is 9.74. The molecule has 4 aliphatic heterocycles. The van der Waals surface area contributed by atoms with Gasteiger partial charge < -0.3 is 14.2 Å². The van der Waals surface area contributed by atoms with E-state index in [2.05, 4.69) is 39.6 Å². The molecule has 0 amide bonds. The molecule has 4 heterocycles. The molecule has 0 saturated carbocycles. The molecule has 4 heteroatoms. The third kappa shape index (κ3) is 2.76. The third-order valence-electron chi connectivity index (χ3n) is 6.48. The largest absolute Gasteiger partial charge is 0.352 e. The highest BCUT2D eigenvalue weighted by molar-refractivity contribution is 5.07. The van der Waals surface area contributed by atoms with Crippen LogP contribution in [0.1, 0.15) is 59.8 Å². The van der Waals surface area contributed by atoms with Crippen LogP contribution in [0.4, 0.5) is 0 Å². The minimum atomic E-state index is -0.477. The SMILES string of the molecule is C=C(C)C[C@]12C[C@H](C)C[C@@H](O1)[C@@H]1O[C@@]3(C[C@@H]1O2)NC[C@@H](C)C[C@H]3C. The number of piperidine rings is 1. The van der Waals surface area contributed by atoms with E-state index in [4.69, 9.17) is 14.2 Å². The van der Waals surface area contributed by atoms with Crippen molar-refractivity contribution in [3.63, 3.8) is 0 Å². The van der Waals surface area contributed by atoms with E-state index in [-0.39, 0.29) is 24.0 Å². The molecule has 0 radical (unpaired) electrons. The molecule has 0 aromatic heterocycles. The van der Waals surface area contributed by atoms with Gasteiger partial charge in [0.2, 0.25) is 0 Å². The highest BCUT2D eigenvalue weighted by Gasteiger charge is 2.61. The normalized spacial score (nSPS) is 53.8. The zero-order valence-electron chi connectivity index (χ0n) is 15.6. The highest BCUT2D eigenvalue weighted by atomic mass is 16.7. The molecule has 24 heavy (non-hydrogen) atoms. The lowest BCUT2D eigenvalue weighted by molar-refractivity contribution is -0.363. The predicted molar refractivity (Wildman–Crippen MR) is 93.5 cm³/mol. The molecule has 4 rings (SSSR count). The Hall–Kier alpha value is -0.420. The van der Waals surface area contributed by atoms with Crippen LogP contribution in [0.3, 0.4) is 0 Å². The fraction of sp³-hybridized carbons (Fsp3) is 0.900. The minimum Gasteiger partial charge on any atom is -0.352 e. The first-order chi connectivity index (χ1) is 11.3. The smallest absolute Gasteiger partial charge is 0.173 e. The van der Waals surface area contributed by atoms with E-state index in [9.17, 15) is 0 Å². The zero-order valence-corrected chi connectivity index (χ0v) is 15.6. The lowest BCUT2D eigenvalue weighted by atomic mass is 9.80. The van der Waals surface area contributed by atoms with Crippen LogP contribution < -0.4 is 5.32 Å². The molecule has 8 atom stereocenters. The lowest BCUT2D eigenvalue weighted by Crippen LogP contribution is -2.59. The Labute approximate surface area is 146 Å². The monoisotopic (exact) mass is 335 g/mol. The summed E-state index contributed by atoms with van der Waals surface area (Å²) in [6, 6.07) is 0. The van der Waals surface area contributed by atoms with Gasteiger partial charge in [0.1, 0.15) is 11.8 Å². The summed E-state index contributed by atoms with van der Waals surface area (Å²) < 4.78 is 19.7. The Bertz CT molecular complexity index is 523. The summed E-state index contributed by atoms with van der Waals surface area (Å²) in [5.41, 5.74) is 0.906. The van der Waals surface area contributed by atoms with Crippen molar-refractivity contribution < 1.29 is 14.2 Å². The maximum Gasteiger partial charge on any atom is 0.173 e. The highest BCUT2D eigenvalue weighted by Crippen LogP contribution is 2.51. The zero-order chi connectivity index (χ0) is 17.1. The van der Waals surface area contributed by atoms with Crippen molar-refractivity contribution in [2.24, 2.45) is 17.8 Å². The summed E-state index contributed by atoms with van der Waals surface area (Å²) in [7, 11) is 0. The molecule has 2 bridgehead atoms. The maximum atomic E-state index is 6.65. The minimum absolute atomic E-state index is 0.0642. The van der Waals surface area contributed by atoms with Crippen molar-refractivity contribution in [2.75, 3.05) is 6.54 Å². The second-order valence-corrected chi connectivity index (χ2v) is 9.20. The van der Waals surface area contributed by atoms with Gasteiger partial charge in [0.25, 0.3) is 0 Å². The standard InChI is InChI=1S/C20H33NO3/c1-12(2)8-19-9-13(3)7-16(22-19)18-17(23-19)10-20(24-18)15(5)6-14(4)11-21-20/h13-18,21H,1,6-11H2,2-5H3/t13-,14+,15-,16-,17+,18+,19+,20-/m1/s1. The fourth-order valence-electron chi connectivity index (χ4n) is 5.59. The van der Waals surface area contributed by atoms with Crippen LogP contribution in [0.5, 0.6) is 0 Å². The van der Waals surface area contributed by atoms with Crippen LogP contribution in [0, 0.1) is 17.8 Å². The van der Waals surface area contributed by atoms with E-state index in [0.29, 0.717) is 17.8 Å². The van der Waals surface area contributed by atoms with Crippen LogP contribution >= 0.6 is 0 Å². The molecule has 0 unspecified atom stereocenters. The average molecular weight is 335 g/mol. The van der Waals surface area contributed by atoms with Gasteiger partial charge in [-0.1, -0.05) is 32.9 Å². The number of ether oxygens (including phenoxy) is 3. The van der Waals surface area contributed by atoms with Gasteiger partial charge >= 0.3 is 0 Å². The van der Waals surface area contributed by atoms with E-state index in [1.807, 2.05) is 0 Å². The molecule has 1 spiro atoms. The number of hydrogen-bond acceptors (Lipinski definition) is 4. The van der Waals surface area contributed by atoms with Crippen molar-refractivity contribution in [3.05, 3.63) is 12.2 Å². The van der Waals surface area contributed by atoms with Crippen LogP contribution in [0.15, 0.2) is 12.2 Å². The van der Waals surface area contributed by atoms with Gasteiger partial charge in [-0.05, 0) is 37.5 Å². The Balaban J connectivity index is 1.58. The molecule has 4 nitrogen and oxygen atoms in total. The van der Waals surface area contributed by atoms with Crippen molar-refractivity contribution >= 4 is 0 Å². The van der Waals surface area contributed by atoms with Gasteiger partial charge in [-0.2, -0.15) is 0 Å². The van der Waals surface area contributed by atoms with Crippen molar-refractivity contribution in [1.82, 2.24) is 5.32 Å². The van der Waals surface area contributed by atoms with E-state index in [1.165, 1.54) is 6.42 Å². The second-order valence-electron chi connectivity index (χ2n) is 9.20. The molecular formula is C20H33NO3. The van der Waals surface area contributed by atoms with E-state index < -0.39 is 5.79 Å². The van der Waals surface area contributed by atoms with Crippen LogP contribution in [-0.4, -0.2) is 36.4 Å². The number of fused-ring (bicyclic) bond motifs is 4. The Morgan fingerprint density at radius 2 is 1.79 bits per heavy atom. The van der Waals surface area contributed by atoms with Crippen molar-refractivity contribution in [1.29, 1.82) is 0 Å². The Morgan fingerprint density at radius 1 is 1.04 bits per heavy atom. The van der Waals surface area contributed by atoms with Gasteiger partial charge in [0.05, 0.1) is 12.2 Å². The molecule has 4 aliphatic rings. The van der Waals surface area contributed by atoms with Gasteiger partial charge in [0, 0.05) is 25.8 Å². The molecule has 4 saturated heterocycles. The molecule has 0 aliphatic carbocycles. The third-order valence-corrected chi connectivity index (χ3v) is 6.48. The second kappa shape index (κ2) is 5.80. The van der Waals surface area contributed by atoms with Gasteiger partial charge in [0.15, 0.2) is 5.79 Å². The topological polar surface area (TPSA) is 39.7 Å². The molecule has 0 aromatic carbocycles. The summed E-state index contributed by atoms with van der Waals surface area (Å²) in [5, 5.41) is 3.72. The molecule has 0 aromatic rings. The van der Waals surface area contributed by atoms with Crippen LogP contribution in [-0.2, 0) is 14.2 Å². The van der Waals surface area contributed by atoms with E-state index >= 15 is 0 Å². The molecule has 136 valence electrons. The first kappa shape index (κ1) is 17.0. The Morgan fingerprint density at radius 3 is 2.50 bits per heavy atom. The number of nitrogens with one attached hydrogen (secondary N) is 1. The van der Waals surface area contributed by atoms with Gasteiger partial charge in [-0.15, -0.1) is 0 Å². The fourth-order valence-corrected chi connectivity index (χ4v) is 5.59. The summed E-state index contributed by atoms with van der Waals surface area (Å²) >= 11 is 0. The average Bonchev–Trinajstić information content (AvgIpc) is 2.81. The van der Waals surface area contributed by atoms with E-state index in [1.54, 1.807) is 0 Å². The Kier molecular flexibility index (Phi) is 4.11. The van der Waals surface area contributed by atoms with Crippen LogP contribution in [0.2, 0.25) is 0 Å². The summed E-state index contributed by atoms with van der Waals surface area (Å²) in [4.78, 5) is 0. The molecule has 1 N–H and O–H groups in total. The van der Waals surface area contributed by atoms with Crippen LogP contribution in [0.25, 0.3) is 0 Å². The number of rotatable bonds is 2.